The molecule has 0 aromatic heterocycles. The molecule has 2 rings (SSSR count). The van der Waals surface area contributed by atoms with Gasteiger partial charge in [-0.1, -0.05) is 34.1 Å². The van der Waals surface area contributed by atoms with E-state index in [2.05, 4.69) is 43.2 Å². The van der Waals surface area contributed by atoms with Crippen LogP contribution in [0.2, 0.25) is 0 Å². The van der Waals surface area contributed by atoms with Crippen LogP contribution in [0.4, 0.5) is 4.39 Å². The Balaban J connectivity index is 2.53. The van der Waals surface area contributed by atoms with Gasteiger partial charge in [0.2, 0.25) is 0 Å². The van der Waals surface area contributed by atoms with Gasteiger partial charge in [-0.15, -0.1) is 0 Å². The third-order valence-corrected chi connectivity index (χ3v) is 4.05. The summed E-state index contributed by atoms with van der Waals surface area (Å²) in [5.41, 5.74) is 2.81. The van der Waals surface area contributed by atoms with Crippen LogP contribution in [0.3, 0.4) is 0 Å². The van der Waals surface area contributed by atoms with E-state index in [4.69, 9.17) is 0 Å². The van der Waals surface area contributed by atoms with Gasteiger partial charge in [-0.05, 0) is 59.2 Å². The summed E-state index contributed by atoms with van der Waals surface area (Å²) in [4.78, 5) is 0. The summed E-state index contributed by atoms with van der Waals surface area (Å²) in [5.74, 6) is -0.223. The van der Waals surface area contributed by atoms with E-state index in [1.165, 1.54) is 0 Å². The number of nitrogens with one attached hydrogen (secondary N) is 1. The first kappa shape index (κ1) is 14.7. The summed E-state index contributed by atoms with van der Waals surface area (Å²) in [6.07, 6.45) is 0. The molecule has 0 saturated carbocycles. The lowest BCUT2D eigenvalue weighted by Gasteiger charge is -2.19. The first-order valence-electron chi connectivity index (χ1n) is 5.91. The summed E-state index contributed by atoms with van der Waals surface area (Å²) in [6.45, 7) is 2.03. The fraction of sp³-hybridized carbons (Fsp3) is 0.200. The molecular formula is C15H14Br2FN. The molecular weight excluding hydrogens is 373 g/mol. The molecule has 1 unspecified atom stereocenters. The number of hydrogen-bond donors (Lipinski definition) is 1. The van der Waals surface area contributed by atoms with E-state index >= 15 is 0 Å². The first-order valence-corrected chi connectivity index (χ1v) is 7.50. The lowest BCUT2D eigenvalue weighted by Crippen LogP contribution is -2.19. The molecule has 0 bridgehead atoms. The second kappa shape index (κ2) is 6.16. The van der Waals surface area contributed by atoms with Crippen LogP contribution in [-0.4, -0.2) is 7.05 Å². The van der Waals surface area contributed by atoms with Crippen molar-refractivity contribution in [1.29, 1.82) is 0 Å². The monoisotopic (exact) mass is 385 g/mol. The molecule has 1 N–H and O–H groups in total. The number of benzene rings is 2. The van der Waals surface area contributed by atoms with Gasteiger partial charge in [0, 0.05) is 10.0 Å². The minimum absolute atomic E-state index is 0.173. The summed E-state index contributed by atoms with van der Waals surface area (Å²) in [5, 5.41) is 3.18. The van der Waals surface area contributed by atoms with Crippen LogP contribution in [0.1, 0.15) is 22.7 Å². The Morgan fingerprint density at radius 1 is 1.16 bits per heavy atom. The minimum atomic E-state index is -0.223. The molecule has 0 aliphatic rings. The highest BCUT2D eigenvalue weighted by Gasteiger charge is 2.18. The van der Waals surface area contributed by atoms with E-state index in [0.717, 1.165) is 15.6 Å². The van der Waals surface area contributed by atoms with Gasteiger partial charge in [-0.25, -0.2) is 4.39 Å². The average molecular weight is 387 g/mol. The van der Waals surface area contributed by atoms with Crippen molar-refractivity contribution >= 4 is 31.9 Å². The van der Waals surface area contributed by atoms with E-state index in [1.54, 1.807) is 12.1 Å². The fourth-order valence-corrected chi connectivity index (χ4v) is 3.18. The van der Waals surface area contributed by atoms with Gasteiger partial charge >= 0.3 is 0 Å². The van der Waals surface area contributed by atoms with Crippen LogP contribution in [-0.2, 0) is 0 Å². The van der Waals surface area contributed by atoms with Gasteiger partial charge in [-0.2, -0.15) is 0 Å². The van der Waals surface area contributed by atoms with Crippen molar-refractivity contribution < 1.29 is 4.39 Å². The number of hydrogen-bond acceptors (Lipinski definition) is 1. The van der Waals surface area contributed by atoms with Crippen LogP contribution in [0.5, 0.6) is 0 Å². The maximum Gasteiger partial charge on any atom is 0.142 e. The predicted molar refractivity (Wildman–Crippen MR) is 83.9 cm³/mol. The zero-order chi connectivity index (χ0) is 14.0. The predicted octanol–water partition coefficient (Wildman–Crippen LogP) is 4.97. The van der Waals surface area contributed by atoms with Crippen molar-refractivity contribution in [3.8, 4) is 0 Å². The van der Waals surface area contributed by atoms with Gasteiger partial charge in [0.1, 0.15) is 5.82 Å². The number of rotatable bonds is 3. The summed E-state index contributed by atoms with van der Waals surface area (Å²) >= 11 is 6.72. The van der Waals surface area contributed by atoms with Gasteiger partial charge in [0.25, 0.3) is 0 Å². The molecule has 19 heavy (non-hydrogen) atoms. The van der Waals surface area contributed by atoms with E-state index in [1.807, 2.05) is 32.2 Å². The molecule has 0 aliphatic carbocycles. The molecule has 100 valence electrons. The molecule has 0 amide bonds. The van der Waals surface area contributed by atoms with Crippen molar-refractivity contribution in [2.24, 2.45) is 0 Å². The normalized spacial score (nSPS) is 12.5. The summed E-state index contributed by atoms with van der Waals surface area (Å²) in [7, 11) is 1.83. The Hall–Kier alpha value is -0.710. The van der Waals surface area contributed by atoms with Crippen molar-refractivity contribution in [3.05, 3.63) is 67.9 Å². The van der Waals surface area contributed by atoms with Gasteiger partial charge in [0.15, 0.2) is 0 Å². The first-order chi connectivity index (χ1) is 9.02. The minimum Gasteiger partial charge on any atom is -0.309 e. The van der Waals surface area contributed by atoms with E-state index in [0.29, 0.717) is 10.0 Å². The van der Waals surface area contributed by atoms with E-state index in [-0.39, 0.29) is 11.9 Å². The van der Waals surface area contributed by atoms with Crippen molar-refractivity contribution in [2.75, 3.05) is 7.05 Å². The maximum atomic E-state index is 14.2. The maximum absolute atomic E-state index is 14.2. The van der Waals surface area contributed by atoms with Crippen LogP contribution < -0.4 is 5.32 Å². The van der Waals surface area contributed by atoms with Gasteiger partial charge in [-0.3, -0.25) is 0 Å². The molecule has 4 heteroatoms. The molecule has 0 aliphatic heterocycles. The molecule has 0 spiro atoms. The molecule has 0 heterocycles. The highest BCUT2D eigenvalue weighted by Crippen LogP contribution is 2.30. The molecule has 2 aromatic carbocycles. The Morgan fingerprint density at radius 3 is 2.53 bits per heavy atom. The van der Waals surface area contributed by atoms with Gasteiger partial charge < -0.3 is 5.32 Å². The van der Waals surface area contributed by atoms with E-state index in [9.17, 15) is 4.39 Å². The molecule has 0 fully saturated rings. The molecule has 0 saturated heterocycles. The quantitative estimate of drug-likeness (QED) is 0.785. The fourth-order valence-electron chi connectivity index (χ4n) is 2.18. The molecule has 0 radical (unpaired) electrons. The van der Waals surface area contributed by atoms with Crippen LogP contribution >= 0.6 is 31.9 Å². The van der Waals surface area contributed by atoms with Crippen LogP contribution in [0.25, 0.3) is 0 Å². The topological polar surface area (TPSA) is 12.0 Å². The number of halogens is 3. The second-order valence-corrected chi connectivity index (χ2v) is 6.20. The Kier molecular flexibility index (Phi) is 4.76. The summed E-state index contributed by atoms with van der Waals surface area (Å²) in [6, 6.07) is 11.3. The Morgan fingerprint density at radius 2 is 1.89 bits per heavy atom. The summed E-state index contributed by atoms with van der Waals surface area (Å²) < 4.78 is 15.7. The van der Waals surface area contributed by atoms with Crippen LogP contribution in [0, 0.1) is 12.7 Å². The SMILES string of the molecule is CNC(c1cc(C)cc(Br)c1)c1cccc(Br)c1F. The van der Waals surface area contributed by atoms with Crippen molar-refractivity contribution in [3.63, 3.8) is 0 Å². The number of aryl methyl sites for hydroxylation is 1. The highest BCUT2D eigenvalue weighted by molar-refractivity contribution is 9.10. The third-order valence-electron chi connectivity index (χ3n) is 2.98. The average Bonchev–Trinajstić information content (AvgIpc) is 2.34. The second-order valence-electron chi connectivity index (χ2n) is 4.43. The highest BCUT2D eigenvalue weighted by atomic mass is 79.9. The van der Waals surface area contributed by atoms with Crippen molar-refractivity contribution in [2.45, 2.75) is 13.0 Å². The molecule has 1 atom stereocenters. The zero-order valence-corrected chi connectivity index (χ0v) is 13.8. The smallest absolute Gasteiger partial charge is 0.142 e. The standard InChI is InChI=1S/C15H14Br2FN/c1-9-6-10(8-11(16)7-9)15(19-2)12-4-3-5-13(17)14(12)18/h3-8,15,19H,1-2H3. The Labute approximate surface area is 129 Å². The third kappa shape index (κ3) is 3.25. The molecule has 1 nitrogen and oxygen atoms in total. The lowest BCUT2D eigenvalue weighted by molar-refractivity contribution is 0.571. The largest absolute Gasteiger partial charge is 0.309 e. The lowest BCUT2D eigenvalue weighted by atomic mass is 9.97. The Bertz CT molecular complexity index is 578. The van der Waals surface area contributed by atoms with Gasteiger partial charge in [0.05, 0.1) is 10.5 Å². The zero-order valence-electron chi connectivity index (χ0n) is 10.7. The van der Waals surface area contributed by atoms with E-state index < -0.39 is 0 Å². The van der Waals surface area contributed by atoms with Crippen molar-refractivity contribution in [1.82, 2.24) is 5.32 Å². The van der Waals surface area contributed by atoms with Crippen LogP contribution in [0.15, 0.2) is 45.3 Å². The molecule has 2 aromatic rings.